The normalized spacial score (nSPS) is 60.0. The number of fused-ring (bicyclic) bond motifs is 7. The van der Waals surface area contributed by atoms with Crippen LogP contribution in [0.2, 0.25) is 0 Å². The number of aliphatic hydroxyl groups is 9. The van der Waals surface area contributed by atoms with Gasteiger partial charge in [0, 0.05) is 17.8 Å². The monoisotopic (exact) mass is 770 g/mol. The zero-order valence-electron chi connectivity index (χ0n) is 31.9. The van der Waals surface area contributed by atoms with E-state index < -0.39 is 109 Å². The maximum absolute atomic E-state index is 12.7. The van der Waals surface area contributed by atoms with Gasteiger partial charge >= 0.3 is 0 Å². The quantitative estimate of drug-likeness (QED) is 0.162. The van der Waals surface area contributed by atoms with Crippen molar-refractivity contribution in [2.24, 2.45) is 34.5 Å². The van der Waals surface area contributed by atoms with E-state index in [1.165, 1.54) is 12.5 Å². The summed E-state index contributed by atoms with van der Waals surface area (Å²) >= 11 is 0. The number of rotatable bonds is 5. The molecule has 8 rings (SSSR count). The van der Waals surface area contributed by atoms with Crippen molar-refractivity contribution in [3.8, 4) is 0 Å². The molecule has 4 heterocycles. The summed E-state index contributed by atoms with van der Waals surface area (Å²) in [6.45, 7) is 8.93. The molecule has 1 spiro atoms. The minimum Gasteiger partial charge on any atom is -0.394 e. The first kappa shape index (κ1) is 39.9. The molecular weight excluding hydrogens is 708 g/mol. The van der Waals surface area contributed by atoms with Gasteiger partial charge in [-0.05, 0) is 82.0 Å². The third-order valence-corrected chi connectivity index (χ3v) is 16.0. The molecule has 0 aromatic rings. The topological polar surface area (TPSA) is 237 Å². The Labute approximate surface area is 316 Å². The highest BCUT2D eigenvalue weighted by Crippen LogP contribution is 2.72. The fraction of sp³-hybridized carbons (Fsp3) is 0.949. The van der Waals surface area contributed by atoms with E-state index in [9.17, 15) is 46.0 Å². The van der Waals surface area contributed by atoms with E-state index >= 15 is 0 Å². The summed E-state index contributed by atoms with van der Waals surface area (Å²) in [6.07, 6.45) is -7.61. The number of hydrogen-bond donors (Lipinski definition) is 9. The summed E-state index contributed by atoms with van der Waals surface area (Å²) in [7, 11) is 0. The average molecular weight is 771 g/mol. The molecule has 0 amide bonds. The lowest BCUT2D eigenvalue weighted by Crippen LogP contribution is -2.64. The number of aliphatic hydroxyl groups excluding tert-OH is 7. The van der Waals surface area contributed by atoms with Crippen molar-refractivity contribution in [2.75, 3.05) is 13.2 Å². The molecule has 0 aromatic heterocycles. The standard InChI is InChI=1S/C39H62O15/c1-17-27(42)28(43)30(45)33(50-17)53-32-24(15-40)52-34(31(46)29(32)44)51-20-8-10-35(3)19(12-20)6-7-21-22(35)9-11-36(4)23(21)13-26-39(36,48)18(2)38(54-26)14-25(41)37(5,47)16-49-38/h6,17-18,20-34,40-48H,7-16H2,1-5H3. The molecule has 15 nitrogen and oxygen atoms in total. The number of ether oxygens (including phenoxy) is 6. The van der Waals surface area contributed by atoms with Crippen molar-refractivity contribution in [3.05, 3.63) is 11.6 Å². The molecule has 7 fully saturated rings. The largest absolute Gasteiger partial charge is 0.394 e. The van der Waals surface area contributed by atoms with E-state index in [0.29, 0.717) is 31.1 Å². The van der Waals surface area contributed by atoms with Crippen LogP contribution in [-0.4, -0.2) is 156 Å². The SMILES string of the molecule is CC1OC(OC2C(CO)OC(OC3CCC4(C)C(=CCC5C4CCC4(C)C5CC5OC6(CC(O)C(C)(O)CO6)C(C)C54O)C3)C(O)C2O)C(O)C(O)C1O. The van der Waals surface area contributed by atoms with Gasteiger partial charge in [-0.2, -0.15) is 0 Å². The molecule has 9 N–H and O–H groups in total. The van der Waals surface area contributed by atoms with Crippen molar-refractivity contribution in [1.82, 2.24) is 0 Å². The van der Waals surface area contributed by atoms with E-state index in [1.54, 1.807) is 6.92 Å². The van der Waals surface area contributed by atoms with E-state index in [-0.39, 0.29) is 30.5 Å². The average Bonchev–Trinajstić information content (AvgIpc) is 3.49. The molecule has 3 saturated carbocycles. The minimum atomic E-state index is -1.64. The van der Waals surface area contributed by atoms with Gasteiger partial charge in [0.05, 0.1) is 37.6 Å². The molecule has 22 atom stereocenters. The molecule has 308 valence electrons. The molecular formula is C39H62O15. The van der Waals surface area contributed by atoms with Crippen molar-refractivity contribution < 1.29 is 74.4 Å². The third kappa shape index (κ3) is 5.70. The first-order valence-electron chi connectivity index (χ1n) is 20.1. The molecule has 15 heteroatoms. The molecule has 4 aliphatic carbocycles. The summed E-state index contributed by atoms with van der Waals surface area (Å²) < 4.78 is 36.4. The van der Waals surface area contributed by atoms with E-state index in [2.05, 4.69) is 19.9 Å². The summed E-state index contributed by atoms with van der Waals surface area (Å²) in [5, 5.41) is 97.2. The van der Waals surface area contributed by atoms with Gasteiger partial charge in [0.25, 0.3) is 0 Å². The van der Waals surface area contributed by atoms with Crippen LogP contribution in [0.3, 0.4) is 0 Å². The van der Waals surface area contributed by atoms with E-state index in [1.807, 2.05) is 6.92 Å². The lowest BCUT2D eigenvalue weighted by molar-refractivity contribution is -0.360. The number of hydrogen-bond acceptors (Lipinski definition) is 15. The van der Waals surface area contributed by atoms with Crippen LogP contribution in [0.1, 0.15) is 86.0 Å². The zero-order chi connectivity index (χ0) is 38.9. The van der Waals surface area contributed by atoms with Crippen LogP contribution in [0.5, 0.6) is 0 Å². The Morgan fingerprint density at radius 3 is 2.24 bits per heavy atom. The van der Waals surface area contributed by atoms with Crippen LogP contribution >= 0.6 is 0 Å². The number of allylic oxidation sites excluding steroid dienone is 1. The van der Waals surface area contributed by atoms with Crippen molar-refractivity contribution in [2.45, 2.75) is 183 Å². The molecule has 4 aliphatic heterocycles. The van der Waals surface area contributed by atoms with Crippen LogP contribution in [0, 0.1) is 34.5 Å². The maximum Gasteiger partial charge on any atom is 0.187 e. The Morgan fingerprint density at radius 2 is 1.54 bits per heavy atom. The summed E-state index contributed by atoms with van der Waals surface area (Å²) in [4.78, 5) is 0. The molecule has 0 bridgehead atoms. The van der Waals surface area contributed by atoms with Gasteiger partial charge in [-0.25, -0.2) is 0 Å². The Balaban J connectivity index is 0.929. The van der Waals surface area contributed by atoms with Gasteiger partial charge in [0.1, 0.15) is 53.9 Å². The van der Waals surface area contributed by atoms with Gasteiger partial charge in [0.2, 0.25) is 0 Å². The Kier molecular flexibility index (Phi) is 10.1. The van der Waals surface area contributed by atoms with Crippen molar-refractivity contribution >= 4 is 0 Å². The predicted molar refractivity (Wildman–Crippen MR) is 186 cm³/mol. The lowest BCUT2D eigenvalue weighted by Gasteiger charge is -2.60. The van der Waals surface area contributed by atoms with Crippen LogP contribution in [-0.2, 0) is 28.4 Å². The maximum atomic E-state index is 12.7. The predicted octanol–water partition coefficient (Wildman–Crippen LogP) is -0.409. The molecule has 4 saturated heterocycles. The van der Waals surface area contributed by atoms with Crippen LogP contribution in [0.4, 0.5) is 0 Å². The molecule has 0 radical (unpaired) electrons. The molecule has 0 aromatic carbocycles. The summed E-state index contributed by atoms with van der Waals surface area (Å²) in [5.74, 6) is -0.589. The van der Waals surface area contributed by atoms with Gasteiger partial charge in [-0.15, -0.1) is 0 Å². The fourth-order valence-corrected chi connectivity index (χ4v) is 12.5. The van der Waals surface area contributed by atoms with E-state index in [0.717, 1.165) is 25.7 Å². The second-order valence-corrected chi connectivity index (χ2v) is 18.8. The lowest BCUT2D eigenvalue weighted by atomic mass is 9.46. The highest BCUT2D eigenvalue weighted by atomic mass is 16.7. The first-order chi connectivity index (χ1) is 25.3. The molecule has 54 heavy (non-hydrogen) atoms. The Morgan fingerprint density at radius 1 is 0.833 bits per heavy atom. The van der Waals surface area contributed by atoms with Crippen molar-refractivity contribution in [1.29, 1.82) is 0 Å². The second-order valence-electron chi connectivity index (χ2n) is 18.8. The Hall–Kier alpha value is -0.860. The van der Waals surface area contributed by atoms with Gasteiger partial charge < -0.3 is 74.4 Å². The van der Waals surface area contributed by atoms with Gasteiger partial charge in [0.15, 0.2) is 18.4 Å². The molecule has 8 aliphatic rings. The molecule has 22 unspecified atom stereocenters. The zero-order valence-corrected chi connectivity index (χ0v) is 31.9. The highest BCUT2D eigenvalue weighted by Gasteiger charge is 2.77. The van der Waals surface area contributed by atoms with Crippen LogP contribution < -0.4 is 0 Å². The van der Waals surface area contributed by atoms with E-state index in [4.69, 9.17) is 28.4 Å². The summed E-state index contributed by atoms with van der Waals surface area (Å²) in [6, 6.07) is 0. The first-order valence-corrected chi connectivity index (χ1v) is 20.1. The van der Waals surface area contributed by atoms with Gasteiger partial charge in [-0.1, -0.05) is 32.4 Å². The van der Waals surface area contributed by atoms with Gasteiger partial charge in [-0.3, -0.25) is 0 Å². The minimum absolute atomic E-state index is 0.0649. The van der Waals surface area contributed by atoms with Crippen LogP contribution in [0.15, 0.2) is 11.6 Å². The fourth-order valence-electron chi connectivity index (χ4n) is 12.5. The van der Waals surface area contributed by atoms with Crippen molar-refractivity contribution in [3.63, 3.8) is 0 Å². The van der Waals surface area contributed by atoms with Crippen LogP contribution in [0.25, 0.3) is 0 Å². The second kappa shape index (κ2) is 13.6. The highest BCUT2D eigenvalue weighted by molar-refractivity contribution is 5.29. The third-order valence-electron chi connectivity index (χ3n) is 16.0. The summed E-state index contributed by atoms with van der Waals surface area (Å²) in [5.41, 5.74) is -1.73. The smallest absolute Gasteiger partial charge is 0.187 e. The Bertz CT molecular complexity index is 1440.